The maximum absolute atomic E-state index is 5.60. The Hall–Kier alpha value is -2.40. The molecule has 2 aromatic rings. The molecule has 0 N–H and O–H groups in total. The zero-order valence-electron chi connectivity index (χ0n) is 14.7. The molecule has 130 valence electrons. The molecule has 2 aromatic carbocycles. The molecule has 0 radical (unpaired) electrons. The van der Waals surface area contributed by atoms with Gasteiger partial charge in [0, 0.05) is 12.1 Å². The molecule has 5 rings (SSSR count). The van der Waals surface area contributed by atoms with Crippen molar-refractivity contribution >= 4 is 0 Å². The van der Waals surface area contributed by atoms with Crippen molar-refractivity contribution in [3.8, 4) is 23.0 Å². The fourth-order valence-electron chi connectivity index (χ4n) is 4.49. The lowest BCUT2D eigenvalue weighted by Crippen LogP contribution is -2.40. The average Bonchev–Trinajstić information content (AvgIpc) is 3.08. The number of rotatable bonds is 2. The summed E-state index contributed by atoms with van der Waals surface area (Å²) in [5.74, 6) is 3.33. The second kappa shape index (κ2) is 5.30. The Balaban J connectivity index is 1.64. The van der Waals surface area contributed by atoms with E-state index < -0.39 is 0 Å². The van der Waals surface area contributed by atoms with E-state index in [2.05, 4.69) is 36.2 Å². The molecule has 5 nitrogen and oxygen atoms in total. The van der Waals surface area contributed by atoms with E-state index in [0.717, 1.165) is 35.8 Å². The van der Waals surface area contributed by atoms with E-state index >= 15 is 0 Å². The number of methoxy groups -OCH3 is 2. The maximum atomic E-state index is 5.60. The summed E-state index contributed by atoms with van der Waals surface area (Å²) < 4.78 is 22.2. The molecular formula is C20H21NO4. The summed E-state index contributed by atoms with van der Waals surface area (Å²) in [4.78, 5) is 2.47. The van der Waals surface area contributed by atoms with Gasteiger partial charge in [0.05, 0.1) is 14.2 Å². The Kier molecular flexibility index (Phi) is 3.16. The monoisotopic (exact) mass is 339 g/mol. The largest absolute Gasteiger partial charge is 0.493 e. The second-order valence-electron chi connectivity index (χ2n) is 6.92. The Morgan fingerprint density at radius 2 is 1.40 bits per heavy atom. The highest BCUT2D eigenvalue weighted by atomic mass is 16.7. The smallest absolute Gasteiger partial charge is 0.231 e. The number of fused-ring (bicyclic) bond motifs is 7. The van der Waals surface area contributed by atoms with Crippen LogP contribution in [0.5, 0.6) is 23.0 Å². The third kappa shape index (κ3) is 2.05. The predicted octanol–water partition coefficient (Wildman–Crippen LogP) is 3.26. The highest BCUT2D eigenvalue weighted by Crippen LogP contribution is 2.50. The molecule has 0 fully saturated rings. The predicted molar refractivity (Wildman–Crippen MR) is 92.8 cm³/mol. The summed E-state index contributed by atoms with van der Waals surface area (Å²) in [7, 11) is 5.59. The van der Waals surface area contributed by atoms with E-state index in [-0.39, 0.29) is 0 Å². The molecule has 3 heterocycles. The average molecular weight is 339 g/mol. The summed E-state index contributed by atoms with van der Waals surface area (Å²) in [6.07, 6.45) is 1.91. The standard InChI is InChI=1S/C20H21NO4/c1-21-15-5-12-7-19-20(25-10-24-19)9-14(12)16(21)4-11-6-17(22-2)18(23-3)8-13(11)15/h6-9,15-16H,4-5,10H2,1-3H3/t15-,16-/m1/s1. The lowest BCUT2D eigenvalue weighted by Gasteiger charge is -2.46. The van der Waals surface area contributed by atoms with Crippen molar-refractivity contribution in [1.29, 1.82) is 0 Å². The van der Waals surface area contributed by atoms with Crippen LogP contribution in [0.4, 0.5) is 0 Å². The quantitative estimate of drug-likeness (QED) is 0.840. The lowest BCUT2D eigenvalue weighted by atomic mass is 9.76. The zero-order valence-corrected chi connectivity index (χ0v) is 14.7. The molecular weight excluding hydrogens is 318 g/mol. The number of hydrogen-bond donors (Lipinski definition) is 0. The fraction of sp³-hybridized carbons (Fsp3) is 0.400. The highest BCUT2D eigenvalue weighted by Gasteiger charge is 2.39. The minimum atomic E-state index is 0.316. The molecule has 0 amide bonds. The van der Waals surface area contributed by atoms with Gasteiger partial charge >= 0.3 is 0 Å². The molecule has 0 aliphatic carbocycles. The summed E-state index contributed by atoms with van der Waals surface area (Å²) >= 11 is 0. The van der Waals surface area contributed by atoms with Crippen LogP contribution in [0, 0.1) is 0 Å². The first kappa shape index (κ1) is 14.9. The van der Waals surface area contributed by atoms with Crippen molar-refractivity contribution in [2.24, 2.45) is 0 Å². The van der Waals surface area contributed by atoms with E-state index in [1.165, 1.54) is 22.3 Å². The summed E-state index contributed by atoms with van der Waals surface area (Å²) in [5, 5.41) is 0. The van der Waals surface area contributed by atoms with Crippen LogP contribution in [0.3, 0.4) is 0 Å². The molecule has 2 atom stereocenters. The maximum Gasteiger partial charge on any atom is 0.231 e. The minimum absolute atomic E-state index is 0.316. The highest BCUT2D eigenvalue weighted by molar-refractivity contribution is 5.55. The fourth-order valence-corrected chi connectivity index (χ4v) is 4.49. The van der Waals surface area contributed by atoms with Gasteiger partial charge in [-0.25, -0.2) is 0 Å². The SMILES string of the molecule is COc1cc2c(cc1OC)[C@H]1Cc3cc4c(cc3[C@@H](C2)N1C)OCO4. The molecule has 0 spiro atoms. The van der Waals surface area contributed by atoms with Crippen LogP contribution in [-0.4, -0.2) is 33.0 Å². The van der Waals surface area contributed by atoms with Gasteiger partial charge in [0.25, 0.3) is 0 Å². The van der Waals surface area contributed by atoms with Crippen molar-refractivity contribution in [3.05, 3.63) is 46.5 Å². The number of likely N-dealkylation sites (N-methyl/N-ethyl adjacent to an activating group) is 1. The molecule has 3 aliphatic heterocycles. The van der Waals surface area contributed by atoms with Gasteiger partial charge in [-0.15, -0.1) is 0 Å². The normalized spacial score (nSPS) is 23.0. The van der Waals surface area contributed by atoms with Gasteiger partial charge in [0.15, 0.2) is 23.0 Å². The van der Waals surface area contributed by atoms with Gasteiger partial charge in [-0.3, -0.25) is 4.90 Å². The van der Waals surface area contributed by atoms with Gasteiger partial charge in [-0.05, 0) is 66.4 Å². The van der Waals surface area contributed by atoms with Crippen LogP contribution >= 0.6 is 0 Å². The van der Waals surface area contributed by atoms with Gasteiger partial charge in [-0.2, -0.15) is 0 Å². The van der Waals surface area contributed by atoms with Crippen molar-refractivity contribution in [1.82, 2.24) is 4.90 Å². The number of nitrogens with zero attached hydrogens (tertiary/aromatic N) is 1. The van der Waals surface area contributed by atoms with E-state index in [4.69, 9.17) is 18.9 Å². The molecule has 3 aliphatic rings. The van der Waals surface area contributed by atoms with Gasteiger partial charge in [-0.1, -0.05) is 0 Å². The zero-order chi connectivity index (χ0) is 17.1. The van der Waals surface area contributed by atoms with Gasteiger partial charge in [0.1, 0.15) is 0 Å². The van der Waals surface area contributed by atoms with E-state index in [1.54, 1.807) is 14.2 Å². The van der Waals surface area contributed by atoms with Crippen molar-refractivity contribution in [3.63, 3.8) is 0 Å². The van der Waals surface area contributed by atoms with E-state index in [0.29, 0.717) is 18.9 Å². The summed E-state index contributed by atoms with van der Waals surface area (Å²) in [6, 6.07) is 9.29. The third-order valence-corrected chi connectivity index (χ3v) is 5.81. The number of hydrogen-bond acceptors (Lipinski definition) is 5. The first-order valence-electron chi connectivity index (χ1n) is 8.58. The van der Waals surface area contributed by atoms with Crippen LogP contribution in [0.2, 0.25) is 0 Å². The number of ether oxygens (including phenoxy) is 4. The van der Waals surface area contributed by atoms with Gasteiger partial charge in [0.2, 0.25) is 6.79 Å². The third-order valence-electron chi connectivity index (χ3n) is 5.81. The molecule has 0 saturated heterocycles. The molecule has 0 unspecified atom stereocenters. The first-order chi connectivity index (χ1) is 12.2. The Morgan fingerprint density at radius 1 is 0.840 bits per heavy atom. The van der Waals surface area contributed by atoms with Crippen molar-refractivity contribution in [2.75, 3.05) is 28.1 Å². The van der Waals surface area contributed by atoms with Crippen LogP contribution < -0.4 is 18.9 Å². The van der Waals surface area contributed by atoms with Crippen molar-refractivity contribution in [2.45, 2.75) is 24.9 Å². The summed E-state index contributed by atoms with van der Waals surface area (Å²) in [6.45, 7) is 0.316. The van der Waals surface area contributed by atoms with Crippen LogP contribution in [0.25, 0.3) is 0 Å². The van der Waals surface area contributed by atoms with Gasteiger partial charge < -0.3 is 18.9 Å². The van der Waals surface area contributed by atoms with E-state index in [1.807, 2.05) is 0 Å². The lowest BCUT2D eigenvalue weighted by molar-refractivity contribution is 0.137. The minimum Gasteiger partial charge on any atom is -0.493 e. The Morgan fingerprint density at radius 3 is 2.08 bits per heavy atom. The first-order valence-corrected chi connectivity index (χ1v) is 8.58. The topological polar surface area (TPSA) is 40.2 Å². The van der Waals surface area contributed by atoms with Crippen molar-refractivity contribution < 1.29 is 18.9 Å². The molecule has 25 heavy (non-hydrogen) atoms. The number of benzene rings is 2. The molecule has 5 heteroatoms. The molecule has 0 aromatic heterocycles. The Bertz CT molecular complexity index is 863. The molecule has 2 bridgehead atoms. The Labute approximate surface area is 147 Å². The van der Waals surface area contributed by atoms with Crippen LogP contribution in [0.1, 0.15) is 34.3 Å². The summed E-state index contributed by atoms with van der Waals surface area (Å²) in [5.41, 5.74) is 5.38. The van der Waals surface area contributed by atoms with Crippen LogP contribution in [-0.2, 0) is 12.8 Å². The molecule has 0 saturated carbocycles. The second-order valence-corrected chi connectivity index (χ2v) is 6.92. The van der Waals surface area contributed by atoms with E-state index in [9.17, 15) is 0 Å². The van der Waals surface area contributed by atoms with Crippen LogP contribution in [0.15, 0.2) is 24.3 Å².